The molecule has 0 heterocycles. The number of fused-ring (bicyclic) bond motifs is 3. The Bertz CT molecular complexity index is 1700. The van der Waals surface area contributed by atoms with E-state index in [-0.39, 0.29) is 0 Å². The van der Waals surface area contributed by atoms with Gasteiger partial charge in [0.1, 0.15) is 11.5 Å². The first kappa shape index (κ1) is 57.6. The van der Waals surface area contributed by atoms with E-state index in [0.717, 1.165) is 68.5 Å². The van der Waals surface area contributed by atoms with Crippen molar-refractivity contribution in [3.05, 3.63) is 60.7 Å². The second kappa shape index (κ2) is 29.4. The van der Waals surface area contributed by atoms with Gasteiger partial charge in [0.25, 0.3) is 16.6 Å². The summed E-state index contributed by atoms with van der Waals surface area (Å²) in [7, 11) is -4.47. The zero-order valence-electron chi connectivity index (χ0n) is 45.5. The molecule has 3 rings (SSSR count). The van der Waals surface area contributed by atoms with Crippen LogP contribution in [0, 0.1) is 0 Å². The lowest BCUT2D eigenvalue weighted by Crippen LogP contribution is -2.47. The van der Waals surface area contributed by atoms with E-state index < -0.39 is 16.6 Å². The van der Waals surface area contributed by atoms with E-state index in [2.05, 4.69) is 146 Å². The van der Waals surface area contributed by atoms with Crippen LogP contribution in [0.1, 0.15) is 236 Å². The summed E-state index contributed by atoms with van der Waals surface area (Å²) < 4.78 is 28.4. The lowest BCUT2D eigenvalue weighted by Gasteiger charge is -2.42. The molecular formula is C60H102O4Si2. The highest BCUT2D eigenvalue weighted by Gasteiger charge is 2.48. The first-order chi connectivity index (χ1) is 31.5. The van der Waals surface area contributed by atoms with Gasteiger partial charge < -0.3 is 18.3 Å². The summed E-state index contributed by atoms with van der Waals surface area (Å²) in [5.41, 5.74) is 4.73. The Kier molecular flexibility index (Phi) is 25.6. The molecule has 0 bridgehead atoms. The van der Waals surface area contributed by atoms with E-state index in [1.165, 1.54) is 116 Å². The molecule has 0 radical (unpaired) electrons. The topological polar surface area (TPSA) is 36.9 Å². The van der Waals surface area contributed by atoms with Gasteiger partial charge in [-0.05, 0) is 81.1 Å². The van der Waals surface area contributed by atoms with Crippen molar-refractivity contribution < 1.29 is 18.3 Å². The van der Waals surface area contributed by atoms with Crippen LogP contribution in [0.25, 0.3) is 33.1 Å². The molecule has 4 nitrogen and oxygen atoms in total. The van der Waals surface area contributed by atoms with E-state index >= 15 is 0 Å². The highest BCUT2D eigenvalue weighted by molar-refractivity contribution is 6.78. The maximum absolute atomic E-state index is 7.23. The summed E-state index contributed by atoms with van der Waals surface area (Å²) in [5.74, 6) is 3.27. The third-order valence-electron chi connectivity index (χ3n) is 15.2. The predicted octanol–water partition coefficient (Wildman–Crippen LogP) is 20.9. The summed E-state index contributed by atoms with van der Waals surface area (Å²) >= 11 is 0. The lowest BCUT2D eigenvalue weighted by molar-refractivity contribution is 0.263. The van der Waals surface area contributed by atoms with Crippen LogP contribution in [0.3, 0.4) is 0 Å². The van der Waals surface area contributed by atoms with E-state index in [0.29, 0.717) is 46.5 Å². The number of benzene rings is 3. The molecule has 0 N–H and O–H groups in total. The summed E-state index contributed by atoms with van der Waals surface area (Å²) in [4.78, 5) is 0. The highest BCUT2D eigenvalue weighted by atomic mass is 28.4. The predicted molar refractivity (Wildman–Crippen MR) is 298 cm³/mol. The molecule has 6 heteroatoms. The highest BCUT2D eigenvalue weighted by Crippen LogP contribution is 2.49. The Balaban J connectivity index is 2.12. The van der Waals surface area contributed by atoms with Crippen molar-refractivity contribution in [3.8, 4) is 11.5 Å². The van der Waals surface area contributed by atoms with E-state index in [9.17, 15) is 0 Å². The van der Waals surface area contributed by atoms with Gasteiger partial charge in [0.05, 0.1) is 13.2 Å². The molecule has 0 saturated heterocycles. The SMILES string of the molecule is C=C(O[Si](C(C)C)(C(C)C)C(C)C)c1ccc2c(OCCCCCCCCCCCC)c(OCCCCCCCCCCCC)c3ccc(C(=C)O[Si](C(C)C)(C(C)C)C(C)C)cc3c2c1. The average molecular weight is 944 g/mol. The number of unbranched alkanes of at least 4 members (excludes halogenated alkanes) is 18. The molecule has 0 unspecified atom stereocenters. The fourth-order valence-electron chi connectivity index (χ4n) is 11.6. The van der Waals surface area contributed by atoms with Crippen molar-refractivity contribution in [1.82, 2.24) is 0 Å². The van der Waals surface area contributed by atoms with Gasteiger partial charge >= 0.3 is 0 Å². The summed E-state index contributed by atoms with van der Waals surface area (Å²) in [6.45, 7) is 43.3. The van der Waals surface area contributed by atoms with E-state index in [1.54, 1.807) is 0 Å². The van der Waals surface area contributed by atoms with Crippen molar-refractivity contribution in [2.75, 3.05) is 13.2 Å². The molecule has 0 amide bonds. The largest absolute Gasteiger partial charge is 0.543 e. The second-order valence-corrected chi connectivity index (χ2v) is 32.7. The minimum Gasteiger partial charge on any atom is -0.543 e. The van der Waals surface area contributed by atoms with Gasteiger partial charge in [-0.3, -0.25) is 0 Å². The maximum atomic E-state index is 7.23. The molecule has 3 aromatic rings. The molecular weight excluding hydrogens is 841 g/mol. The third-order valence-corrected chi connectivity index (χ3v) is 27.2. The molecule has 0 fully saturated rings. The number of hydrogen-bond donors (Lipinski definition) is 0. The third kappa shape index (κ3) is 15.7. The molecule has 0 aromatic heterocycles. The van der Waals surface area contributed by atoms with E-state index in [1.807, 2.05) is 0 Å². The second-order valence-electron chi connectivity index (χ2n) is 21.9. The van der Waals surface area contributed by atoms with Crippen molar-refractivity contribution in [2.45, 2.75) is 259 Å². The minimum absolute atomic E-state index is 0.448. The van der Waals surface area contributed by atoms with Crippen LogP contribution in [-0.4, -0.2) is 29.8 Å². The molecule has 0 aliphatic heterocycles. The number of rotatable bonds is 36. The van der Waals surface area contributed by atoms with Gasteiger partial charge in [0.15, 0.2) is 11.5 Å². The molecule has 374 valence electrons. The summed E-state index contributed by atoms with van der Waals surface area (Å²) in [6, 6.07) is 13.5. The Morgan fingerprint density at radius 2 is 0.636 bits per heavy atom. The van der Waals surface area contributed by atoms with Crippen LogP contribution in [0.15, 0.2) is 49.6 Å². The molecule has 0 saturated carbocycles. The molecule has 0 aliphatic rings. The van der Waals surface area contributed by atoms with Gasteiger partial charge in [-0.2, -0.15) is 0 Å². The van der Waals surface area contributed by atoms with Gasteiger partial charge in [0, 0.05) is 21.9 Å². The Morgan fingerprint density at radius 3 is 0.894 bits per heavy atom. The zero-order valence-corrected chi connectivity index (χ0v) is 47.5. The number of hydrogen-bond acceptors (Lipinski definition) is 4. The molecule has 0 aliphatic carbocycles. The summed E-state index contributed by atoms with van der Waals surface area (Å²) in [5, 5.41) is 4.39. The molecule has 0 atom stereocenters. The normalized spacial score (nSPS) is 12.5. The monoisotopic (exact) mass is 943 g/mol. The summed E-state index contributed by atoms with van der Waals surface area (Å²) in [6.07, 6.45) is 25.9. The van der Waals surface area contributed by atoms with Crippen molar-refractivity contribution in [2.24, 2.45) is 0 Å². The smallest absolute Gasteiger partial charge is 0.258 e. The fourth-order valence-corrected chi connectivity index (χ4v) is 22.1. The molecule has 0 spiro atoms. The maximum Gasteiger partial charge on any atom is 0.258 e. The Morgan fingerprint density at radius 1 is 0.379 bits per heavy atom. The van der Waals surface area contributed by atoms with Crippen LogP contribution in [0.4, 0.5) is 0 Å². The molecule has 66 heavy (non-hydrogen) atoms. The first-order valence-corrected chi connectivity index (χ1v) is 31.8. The zero-order chi connectivity index (χ0) is 48.9. The van der Waals surface area contributed by atoms with Crippen LogP contribution in [-0.2, 0) is 8.85 Å². The quantitative estimate of drug-likeness (QED) is 0.0252. The van der Waals surface area contributed by atoms with Gasteiger partial charge in [-0.15, -0.1) is 0 Å². The van der Waals surface area contributed by atoms with Gasteiger partial charge in [0.2, 0.25) is 0 Å². The first-order valence-electron chi connectivity index (χ1n) is 27.6. The fraction of sp³-hybridized carbons (Fsp3) is 0.700. The Hall–Kier alpha value is -2.71. The van der Waals surface area contributed by atoms with Crippen LogP contribution >= 0.6 is 0 Å². The lowest BCUT2D eigenvalue weighted by atomic mass is 9.96. The minimum atomic E-state index is -2.24. The van der Waals surface area contributed by atoms with E-state index in [4.69, 9.17) is 18.3 Å². The molecule has 3 aromatic carbocycles. The Labute approximate surface area is 410 Å². The van der Waals surface area contributed by atoms with Gasteiger partial charge in [-0.1, -0.05) is 238 Å². The van der Waals surface area contributed by atoms with Crippen LogP contribution in [0.2, 0.25) is 33.2 Å². The van der Waals surface area contributed by atoms with Crippen LogP contribution < -0.4 is 9.47 Å². The van der Waals surface area contributed by atoms with Crippen molar-refractivity contribution in [3.63, 3.8) is 0 Å². The average Bonchev–Trinajstić information content (AvgIpc) is 3.27. The van der Waals surface area contributed by atoms with Gasteiger partial charge in [-0.25, -0.2) is 0 Å². The number of ether oxygens (including phenoxy) is 2. The van der Waals surface area contributed by atoms with Crippen molar-refractivity contribution in [1.29, 1.82) is 0 Å². The van der Waals surface area contributed by atoms with Crippen molar-refractivity contribution >= 4 is 49.7 Å². The van der Waals surface area contributed by atoms with Crippen LogP contribution in [0.5, 0.6) is 11.5 Å². The standard InChI is InChI=1S/C60H102O4Si2/c1-17-19-21-23-25-27-29-31-33-35-41-61-59-55-39-37-53(51(15)63-65(45(3)4,46(5)6)47(7)8)43-57(55)58-44-54(52(16)64-66(48(9)10,49(11)12)50(13)14)38-40-56(58)60(59)62-42-36-34-32-30-28-26-24-22-20-18-2/h37-40,43-50H,15-36,41-42H2,1-14H3.